The summed E-state index contributed by atoms with van der Waals surface area (Å²) in [6.45, 7) is 6.37. The molecule has 5 heteroatoms. The van der Waals surface area contributed by atoms with Gasteiger partial charge in [0, 0.05) is 31.1 Å². The molecule has 0 aromatic heterocycles. The number of carbonyl (C=O) groups excluding carboxylic acids is 1. The fourth-order valence-corrected chi connectivity index (χ4v) is 2.75. The van der Waals surface area contributed by atoms with Gasteiger partial charge in [-0.2, -0.15) is 0 Å². The van der Waals surface area contributed by atoms with Gasteiger partial charge >= 0.3 is 6.03 Å². The highest BCUT2D eigenvalue weighted by Crippen LogP contribution is 2.44. The maximum Gasteiger partial charge on any atom is 0.315 e. The van der Waals surface area contributed by atoms with E-state index < -0.39 is 0 Å². The summed E-state index contributed by atoms with van der Waals surface area (Å²) in [6.07, 6.45) is 6.65. The van der Waals surface area contributed by atoms with E-state index in [0.717, 1.165) is 38.8 Å². The molecule has 0 aromatic carbocycles. The molecular formula is C15H29N3O2. The molecule has 0 aromatic rings. The van der Waals surface area contributed by atoms with Crippen LogP contribution in [0.15, 0.2) is 0 Å². The Morgan fingerprint density at radius 3 is 2.60 bits per heavy atom. The number of piperidine rings is 1. The third kappa shape index (κ3) is 4.63. The van der Waals surface area contributed by atoms with E-state index in [9.17, 15) is 9.90 Å². The molecule has 0 atom stereocenters. The Bertz CT molecular complexity index is 310. The van der Waals surface area contributed by atoms with Crippen molar-refractivity contribution in [2.45, 2.75) is 51.5 Å². The SMILES string of the molecule is CCCCN1CCC(NC(=O)NCC2(CO)CC2)CC1. The first-order valence-electron chi connectivity index (χ1n) is 8.05. The first-order valence-corrected chi connectivity index (χ1v) is 8.05. The minimum Gasteiger partial charge on any atom is -0.396 e. The van der Waals surface area contributed by atoms with E-state index in [4.69, 9.17) is 0 Å². The zero-order chi connectivity index (χ0) is 14.4. The van der Waals surface area contributed by atoms with Crippen LogP contribution in [0.1, 0.15) is 45.4 Å². The van der Waals surface area contributed by atoms with Gasteiger partial charge in [0.2, 0.25) is 0 Å². The van der Waals surface area contributed by atoms with Crippen molar-refractivity contribution in [2.75, 3.05) is 32.8 Å². The van der Waals surface area contributed by atoms with Crippen molar-refractivity contribution in [3.8, 4) is 0 Å². The molecule has 5 nitrogen and oxygen atoms in total. The van der Waals surface area contributed by atoms with E-state index >= 15 is 0 Å². The predicted octanol–water partition coefficient (Wildman–Crippen LogP) is 1.32. The number of amides is 2. The van der Waals surface area contributed by atoms with Crippen molar-refractivity contribution in [1.82, 2.24) is 15.5 Å². The molecule has 0 radical (unpaired) electrons. The monoisotopic (exact) mass is 283 g/mol. The zero-order valence-electron chi connectivity index (χ0n) is 12.7. The second-order valence-corrected chi connectivity index (χ2v) is 6.45. The van der Waals surface area contributed by atoms with Crippen LogP contribution in [0.5, 0.6) is 0 Å². The molecule has 1 saturated carbocycles. The van der Waals surface area contributed by atoms with Crippen LogP contribution in [0.2, 0.25) is 0 Å². The molecule has 1 aliphatic carbocycles. The number of rotatable bonds is 7. The van der Waals surface area contributed by atoms with Gasteiger partial charge in [0.25, 0.3) is 0 Å². The standard InChI is InChI=1S/C15H29N3O2/c1-2-3-8-18-9-4-13(5-10-18)17-14(20)16-11-15(12-19)6-7-15/h13,19H,2-12H2,1H3,(H2,16,17,20). The maximum atomic E-state index is 11.8. The van der Waals surface area contributed by atoms with Crippen molar-refractivity contribution < 1.29 is 9.90 Å². The molecule has 3 N–H and O–H groups in total. The Morgan fingerprint density at radius 1 is 1.35 bits per heavy atom. The van der Waals surface area contributed by atoms with Crippen molar-refractivity contribution in [1.29, 1.82) is 0 Å². The zero-order valence-corrected chi connectivity index (χ0v) is 12.7. The minimum absolute atomic E-state index is 0.0130. The Hall–Kier alpha value is -0.810. The van der Waals surface area contributed by atoms with Crippen molar-refractivity contribution in [3.63, 3.8) is 0 Å². The summed E-state index contributed by atoms with van der Waals surface area (Å²) in [5.41, 5.74) is -0.0130. The van der Waals surface area contributed by atoms with Crippen LogP contribution in [0.4, 0.5) is 4.79 Å². The molecule has 116 valence electrons. The number of hydrogen-bond acceptors (Lipinski definition) is 3. The molecule has 2 aliphatic rings. The molecule has 0 spiro atoms. The van der Waals surface area contributed by atoms with Crippen LogP contribution in [-0.4, -0.2) is 54.9 Å². The summed E-state index contributed by atoms with van der Waals surface area (Å²) in [5.74, 6) is 0. The molecule has 0 bridgehead atoms. The van der Waals surface area contributed by atoms with E-state index in [1.165, 1.54) is 19.4 Å². The van der Waals surface area contributed by atoms with Gasteiger partial charge in [-0.1, -0.05) is 13.3 Å². The second-order valence-electron chi connectivity index (χ2n) is 6.45. The third-order valence-electron chi connectivity index (χ3n) is 4.67. The summed E-state index contributed by atoms with van der Waals surface area (Å²) >= 11 is 0. The quantitative estimate of drug-likeness (QED) is 0.660. The largest absolute Gasteiger partial charge is 0.396 e. The first kappa shape index (κ1) is 15.6. The number of aliphatic hydroxyl groups is 1. The topological polar surface area (TPSA) is 64.6 Å². The van der Waals surface area contributed by atoms with Gasteiger partial charge in [0.1, 0.15) is 0 Å². The van der Waals surface area contributed by atoms with Gasteiger partial charge in [0.15, 0.2) is 0 Å². The summed E-state index contributed by atoms with van der Waals surface area (Å²) in [4.78, 5) is 14.3. The van der Waals surface area contributed by atoms with Crippen LogP contribution in [0.25, 0.3) is 0 Å². The van der Waals surface area contributed by atoms with Crippen LogP contribution in [-0.2, 0) is 0 Å². The molecule has 20 heavy (non-hydrogen) atoms. The first-order chi connectivity index (χ1) is 9.67. The van der Waals surface area contributed by atoms with Gasteiger partial charge in [-0.3, -0.25) is 0 Å². The van der Waals surface area contributed by atoms with Gasteiger partial charge in [0.05, 0.1) is 6.61 Å². The molecule has 1 saturated heterocycles. The number of carbonyl (C=O) groups is 1. The van der Waals surface area contributed by atoms with Crippen molar-refractivity contribution >= 4 is 6.03 Å². The lowest BCUT2D eigenvalue weighted by atomic mass is 10.0. The molecule has 2 rings (SSSR count). The van der Waals surface area contributed by atoms with Crippen molar-refractivity contribution in [2.24, 2.45) is 5.41 Å². The van der Waals surface area contributed by atoms with E-state index in [1.54, 1.807) is 0 Å². The number of aliphatic hydroxyl groups excluding tert-OH is 1. The Morgan fingerprint density at radius 2 is 2.05 bits per heavy atom. The number of urea groups is 1. The molecule has 1 aliphatic heterocycles. The number of likely N-dealkylation sites (tertiary alicyclic amines) is 1. The van der Waals surface area contributed by atoms with E-state index in [2.05, 4.69) is 22.5 Å². The van der Waals surface area contributed by atoms with Crippen LogP contribution in [0, 0.1) is 5.41 Å². The molecule has 0 unspecified atom stereocenters. The van der Waals surface area contributed by atoms with Crippen molar-refractivity contribution in [3.05, 3.63) is 0 Å². The average molecular weight is 283 g/mol. The normalized spacial score (nSPS) is 22.5. The Kier molecular flexibility index (Phi) is 5.66. The lowest BCUT2D eigenvalue weighted by molar-refractivity contribution is 0.185. The van der Waals surface area contributed by atoms with Gasteiger partial charge in [-0.15, -0.1) is 0 Å². The Labute approximate surface area is 122 Å². The predicted molar refractivity (Wildman–Crippen MR) is 79.7 cm³/mol. The molecule has 1 heterocycles. The fourth-order valence-electron chi connectivity index (χ4n) is 2.75. The maximum absolute atomic E-state index is 11.8. The second kappa shape index (κ2) is 7.27. The highest BCUT2D eigenvalue weighted by Gasteiger charge is 2.42. The van der Waals surface area contributed by atoms with Crippen LogP contribution >= 0.6 is 0 Å². The highest BCUT2D eigenvalue weighted by molar-refractivity contribution is 5.74. The average Bonchev–Trinajstić information content (AvgIpc) is 3.25. The summed E-state index contributed by atoms with van der Waals surface area (Å²) < 4.78 is 0. The molecule has 2 fully saturated rings. The highest BCUT2D eigenvalue weighted by atomic mass is 16.3. The molecule has 2 amide bonds. The number of nitrogens with one attached hydrogen (secondary N) is 2. The number of hydrogen-bond donors (Lipinski definition) is 3. The summed E-state index contributed by atoms with van der Waals surface area (Å²) in [6, 6.07) is 0.230. The summed E-state index contributed by atoms with van der Waals surface area (Å²) in [7, 11) is 0. The smallest absolute Gasteiger partial charge is 0.315 e. The molecular weight excluding hydrogens is 254 g/mol. The fraction of sp³-hybridized carbons (Fsp3) is 0.933. The summed E-state index contributed by atoms with van der Waals surface area (Å²) in [5, 5.41) is 15.2. The van der Waals surface area contributed by atoms with Gasteiger partial charge < -0.3 is 20.6 Å². The van der Waals surface area contributed by atoms with Gasteiger partial charge in [-0.25, -0.2) is 4.79 Å². The van der Waals surface area contributed by atoms with Crippen LogP contribution in [0.3, 0.4) is 0 Å². The lowest BCUT2D eigenvalue weighted by Gasteiger charge is -2.32. The third-order valence-corrected chi connectivity index (χ3v) is 4.67. The Balaban J connectivity index is 1.59. The van der Waals surface area contributed by atoms with E-state index in [0.29, 0.717) is 12.6 Å². The van der Waals surface area contributed by atoms with Gasteiger partial charge in [-0.05, 0) is 38.6 Å². The van der Waals surface area contributed by atoms with E-state index in [1.807, 2.05) is 0 Å². The lowest BCUT2D eigenvalue weighted by Crippen LogP contribution is -2.49. The minimum atomic E-state index is -0.0725. The number of unbranched alkanes of at least 4 members (excludes halogenated alkanes) is 1. The number of nitrogens with zero attached hydrogens (tertiary/aromatic N) is 1. The van der Waals surface area contributed by atoms with Crippen LogP contribution < -0.4 is 10.6 Å². The van der Waals surface area contributed by atoms with E-state index in [-0.39, 0.29) is 18.1 Å².